The molecule has 2 heterocycles. The number of fused-ring (bicyclic) bond motifs is 3. The van der Waals surface area contributed by atoms with Gasteiger partial charge in [0, 0.05) is 28.7 Å². The number of aromatic nitrogens is 3. The van der Waals surface area contributed by atoms with Crippen LogP contribution in [0, 0.1) is 18.8 Å². The molecule has 1 atom stereocenters. The summed E-state index contributed by atoms with van der Waals surface area (Å²) in [5.74, 6) is 7.95. The van der Waals surface area contributed by atoms with Gasteiger partial charge in [0.2, 0.25) is 0 Å². The lowest BCUT2D eigenvalue weighted by Gasteiger charge is -2.26. The van der Waals surface area contributed by atoms with Crippen LogP contribution < -0.4 is 4.90 Å². The highest BCUT2D eigenvalue weighted by molar-refractivity contribution is 6.30. The molecule has 0 fully saturated rings. The molecule has 0 aliphatic carbocycles. The average Bonchev–Trinajstić information content (AvgIpc) is 3.00. The number of hydrogen-bond acceptors (Lipinski definition) is 4. The summed E-state index contributed by atoms with van der Waals surface area (Å²) in [4.78, 5) is 2.26. The Morgan fingerprint density at radius 3 is 2.52 bits per heavy atom. The fourth-order valence-electron chi connectivity index (χ4n) is 3.55. The van der Waals surface area contributed by atoms with Gasteiger partial charge in [-0.05, 0) is 63.2 Å². The molecule has 0 amide bonds. The number of hydrogen-bond donors (Lipinski definition) is 1. The predicted octanol–water partition coefficient (Wildman–Crippen LogP) is 4.61. The smallest absolute Gasteiger partial charge is 0.142 e. The van der Waals surface area contributed by atoms with Crippen LogP contribution in [-0.2, 0) is 0 Å². The zero-order valence-electron chi connectivity index (χ0n) is 16.9. The van der Waals surface area contributed by atoms with E-state index in [1.807, 2.05) is 43.3 Å². The molecule has 0 spiro atoms. The van der Waals surface area contributed by atoms with Gasteiger partial charge in [-0.25, -0.2) is 0 Å². The maximum absolute atomic E-state index is 9.97. The van der Waals surface area contributed by atoms with E-state index < -0.39 is 5.60 Å². The van der Waals surface area contributed by atoms with Crippen molar-refractivity contribution >= 4 is 23.0 Å². The van der Waals surface area contributed by atoms with Crippen molar-refractivity contribution < 1.29 is 5.11 Å². The van der Waals surface area contributed by atoms with Gasteiger partial charge in [-0.3, -0.25) is 4.57 Å². The van der Waals surface area contributed by atoms with Gasteiger partial charge in [0.25, 0.3) is 0 Å². The van der Waals surface area contributed by atoms with Crippen molar-refractivity contribution in [3.05, 3.63) is 64.7 Å². The van der Waals surface area contributed by atoms with Gasteiger partial charge in [0.15, 0.2) is 0 Å². The number of benzene rings is 2. The van der Waals surface area contributed by atoms with E-state index in [1.165, 1.54) is 0 Å². The van der Waals surface area contributed by atoms with Crippen molar-refractivity contribution in [2.75, 3.05) is 11.4 Å². The number of halogens is 1. The highest BCUT2D eigenvalue weighted by atomic mass is 35.5. The van der Waals surface area contributed by atoms with Crippen LogP contribution in [0.2, 0.25) is 5.02 Å². The molecule has 1 N–H and O–H groups in total. The molecule has 1 aliphatic heterocycles. The van der Waals surface area contributed by atoms with E-state index in [9.17, 15) is 5.11 Å². The van der Waals surface area contributed by atoms with Crippen LogP contribution in [0.25, 0.3) is 5.69 Å². The standard InChI is InChI=1S/C23H23ClN4O/c1-15-14-27(19-8-6-18(24)7-9-19)21-13-17(11-12-23(3,4)29)5-10-20(21)28-16(2)25-26-22(15)28/h5-10,13,15,29H,14H2,1-4H3. The highest BCUT2D eigenvalue weighted by Gasteiger charge is 2.28. The molecule has 3 aromatic rings. The van der Waals surface area contributed by atoms with Gasteiger partial charge in [-0.15, -0.1) is 10.2 Å². The van der Waals surface area contributed by atoms with E-state index in [-0.39, 0.29) is 5.92 Å². The number of nitrogens with zero attached hydrogens (tertiary/aromatic N) is 4. The van der Waals surface area contributed by atoms with Crippen molar-refractivity contribution in [1.29, 1.82) is 0 Å². The van der Waals surface area contributed by atoms with Gasteiger partial charge < -0.3 is 10.0 Å². The Hall–Kier alpha value is -2.81. The van der Waals surface area contributed by atoms with Crippen molar-refractivity contribution in [2.24, 2.45) is 0 Å². The van der Waals surface area contributed by atoms with E-state index in [1.54, 1.807) is 13.8 Å². The Labute approximate surface area is 176 Å². The van der Waals surface area contributed by atoms with E-state index in [2.05, 4.69) is 44.5 Å². The van der Waals surface area contributed by atoms with E-state index >= 15 is 0 Å². The van der Waals surface area contributed by atoms with Crippen LogP contribution in [-0.4, -0.2) is 32.0 Å². The first-order valence-electron chi connectivity index (χ1n) is 9.58. The van der Waals surface area contributed by atoms with Gasteiger partial charge in [0.05, 0.1) is 11.4 Å². The predicted molar refractivity (Wildman–Crippen MR) is 116 cm³/mol. The molecule has 4 rings (SSSR count). The lowest BCUT2D eigenvalue weighted by molar-refractivity contribution is 0.143. The normalized spacial score (nSPS) is 15.8. The molecular weight excluding hydrogens is 384 g/mol. The van der Waals surface area contributed by atoms with Crippen molar-refractivity contribution in [3.63, 3.8) is 0 Å². The summed E-state index contributed by atoms with van der Waals surface area (Å²) in [7, 11) is 0. The summed E-state index contributed by atoms with van der Waals surface area (Å²) >= 11 is 6.11. The van der Waals surface area contributed by atoms with Crippen LogP contribution in [0.4, 0.5) is 11.4 Å². The largest absolute Gasteiger partial charge is 0.378 e. The number of anilines is 2. The van der Waals surface area contributed by atoms with Crippen LogP contribution in [0.3, 0.4) is 0 Å². The zero-order valence-corrected chi connectivity index (χ0v) is 17.7. The van der Waals surface area contributed by atoms with E-state index in [0.29, 0.717) is 5.02 Å². The molecule has 0 saturated carbocycles. The third-order valence-electron chi connectivity index (χ3n) is 4.91. The molecule has 1 aliphatic rings. The van der Waals surface area contributed by atoms with E-state index in [4.69, 9.17) is 11.6 Å². The molecule has 1 aromatic heterocycles. The quantitative estimate of drug-likeness (QED) is 0.600. The minimum absolute atomic E-state index is 0.171. The second kappa shape index (κ2) is 7.22. The van der Waals surface area contributed by atoms with Crippen molar-refractivity contribution in [1.82, 2.24) is 14.8 Å². The Bertz CT molecular complexity index is 1120. The summed E-state index contributed by atoms with van der Waals surface area (Å²) in [5.41, 5.74) is 2.87. The number of rotatable bonds is 1. The van der Waals surface area contributed by atoms with Crippen LogP contribution >= 0.6 is 11.6 Å². The minimum Gasteiger partial charge on any atom is -0.378 e. The van der Waals surface area contributed by atoms with Crippen molar-refractivity contribution in [3.8, 4) is 17.5 Å². The topological polar surface area (TPSA) is 54.2 Å². The molecule has 6 heteroatoms. The second-order valence-electron chi connectivity index (χ2n) is 7.94. The van der Waals surface area contributed by atoms with Gasteiger partial charge in [-0.1, -0.05) is 30.4 Å². The summed E-state index contributed by atoms with van der Waals surface area (Å²) < 4.78 is 2.11. The fourth-order valence-corrected chi connectivity index (χ4v) is 3.67. The first kappa shape index (κ1) is 19.5. The maximum atomic E-state index is 9.97. The average molecular weight is 407 g/mol. The molecule has 0 bridgehead atoms. The molecule has 148 valence electrons. The lowest BCUT2D eigenvalue weighted by Crippen LogP contribution is -2.22. The Morgan fingerprint density at radius 2 is 1.83 bits per heavy atom. The molecule has 1 unspecified atom stereocenters. The molecule has 0 saturated heterocycles. The molecule has 29 heavy (non-hydrogen) atoms. The molecular formula is C23H23ClN4O. The fraction of sp³-hybridized carbons (Fsp3) is 0.304. The van der Waals surface area contributed by atoms with Crippen LogP contribution in [0.5, 0.6) is 0 Å². The molecule has 0 radical (unpaired) electrons. The molecule has 2 aromatic carbocycles. The molecule has 5 nitrogen and oxygen atoms in total. The summed E-state index contributed by atoms with van der Waals surface area (Å²) in [6.45, 7) is 8.22. The first-order chi connectivity index (χ1) is 13.7. The third kappa shape index (κ3) is 3.87. The monoisotopic (exact) mass is 406 g/mol. The van der Waals surface area contributed by atoms with Gasteiger partial charge in [0.1, 0.15) is 17.2 Å². The second-order valence-corrected chi connectivity index (χ2v) is 8.38. The SMILES string of the molecule is Cc1nnc2n1-c1ccc(C#CC(C)(C)O)cc1N(c1ccc(Cl)cc1)CC2C. The third-order valence-corrected chi connectivity index (χ3v) is 5.16. The number of aliphatic hydroxyl groups is 1. The van der Waals surface area contributed by atoms with Crippen LogP contribution in [0.1, 0.15) is 43.9 Å². The maximum Gasteiger partial charge on any atom is 0.142 e. The van der Waals surface area contributed by atoms with Crippen molar-refractivity contribution in [2.45, 2.75) is 39.2 Å². The highest BCUT2D eigenvalue weighted by Crippen LogP contribution is 2.38. The Kier molecular flexibility index (Phi) is 4.85. The first-order valence-corrected chi connectivity index (χ1v) is 9.96. The van der Waals surface area contributed by atoms with E-state index in [0.717, 1.165) is 40.8 Å². The zero-order chi connectivity index (χ0) is 20.8. The minimum atomic E-state index is -1.05. The van der Waals surface area contributed by atoms with Crippen LogP contribution in [0.15, 0.2) is 42.5 Å². The summed E-state index contributed by atoms with van der Waals surface area (Å²) in [6, 6.07) is 13.9. The van der Waals surface area contributed by atoms with Gasteiger partial charge >= 0.3 is 0 Å². The van der Waals surface area contributed by atoms with Gasteiger partial charge in [-0.2, -0.15) is 0 Å². The Balaban J connectivity index is 1.92. The number of aryl methyl sites for hydroxylation is 1. The summed E-state index contributed by atoms with van der Waals surface area (Å²) in [6.07, 6.45) is 0. The Morgan fingerprint density at radius 1 is 1.10 bits per heavy atom. The summed E-state index contributed by atoms with van der Waals surface area (Å²) in [5, 5.41) is 19.4. The lowest BCUT2D eigenvalue weighted by atomic mass is 10.1.